The third-order valence-electron chi connectivity index (χ3n) is 8.49. The molecule has 3 aromatic rings. The van der Waals surface area contributed by atoms with Crippen molar-refractivity contribution in [3.8, 4) is 11.3 Å². The van der Waals surface area contributed by atoms with Gasteiger partial charge >= 0.3 is 0 Å². The predicted octanol–water partition coefficient (Wildman–Crippen LogP) is 4.48. The van der Waals surface area contributed by atoms with E-state index in [9.17, 15) is 4.79 Å². The highest BCUT2D eigenvalue weighted by molar-refractivity contribution is 7.20. The molecular weight excluding hydrogens is 500 g/mol. The Morgan fingerprint density at radius 2 is 1.74 bits per heavy atom. The zero-order chi connectivity index (χ0) is 26.1. The molecule has 0 atom stereocenters. The number of hydrogen-bond acceptors (Lipinski definition) is 8. The fourth-order valence-electron chi connectivity index (χ4n) is 5.68. The third-order valence-corrected chi connectivity index (χ3v) is 9.48. The minimum absolute atomic E-state index is 0.00599. The summed E-state index contributed by atoms with van der Waals surface area (Å²) < 4.78 is 8.06. The summed E-state index contributed by atoms with van der Waals surface area (Å²) in [5, 5.41) is 7.09. The first-order valence-electron chi connectivity index (χ1n) is 14.0. The zero-order valence-electron chi connectivity index (χ0n) is 22.4. The van der Waals surface area contributed by atoms with E-state index >= 15 is 0 Å². The molecule has 9 nitrogen and oxygen atoms in total. The van der Waals surface area contributed by atoms with Gasteiger partial charge in [-0.2, -0.15) is 0 Å². The van der Waals surface area contributed by atoms with Crippen LogP contribution in [0.2, 0.25) is 0 Å². The molecule has 0 bridgehead atoms. The highest BCUT2D eigenvalue weighted by Crippen LogP contribution is 2.32. The van der Waals surface area contributed by atoms with E-state index in [2.05, 4.69) is 34.1 Å². The number of carbonyl (C=O) groups excluding carboxylic acids is 1. The van der Waals surface area contributed by atoms with Crippen molar-refractivity contribution in [3.63, 3.8) is 0 Å². The predicted molar refractivity (Wildman–Crippen MR) is 150 cm³/mol. The number of amides is 1. The molecule has 2 aliphatic heterocycles. The maximum absolute atomic E-state index is 12.4. The minimum Gasteiger partial charge on any atom is -0.378 e. The summed E-state index contributed by atoms with van der Waals surface area (Å²) in [4.78, 5) is 27.9. The van der Waals surface area contributed by atoms with E-state index in [1.165, 1.54) is 37.1 Å². The van der Waals surface area contributed by atoms with Crippen LogP contribution >= 0.6 is 11.3 Å². The molecule has 6 rings (SSSR count). The Bertz CT molecular complexity index is 1190. The Morgan fingerprint density at radius 3 is 2.37 bits per heavy atom. The molecular formula is C28H38N6O3S. The highest BCUT2D eigenvalue weighted by atomic mass is 32.1. The molecule has 38 heavy (non-hydrogen) atoms. The van der Waals surface area contributed by atoms with Crippen molar-refractivity contribution < 1.29 is 14.4 Å². The van der Waals surface area contributed by atoms with Gasteiger partial charge in [0.15, 0.2) is 0 Å². The van der Waals surface area contributed by atoms with Crippen molar-refractivity contribution in [2.24, 2.45) is 11.8 Å². The maximum Gasteiger partial charge on any atom is 0.249 e. The average Bonchev–Trinajstić information content (AvgIpc) is 3.52. The monoisotopic (exact) mass is 538 g/mol. The molecule has 2 aromatic heterocycles. The lowest BCUT2D eigenvalue weighted by molar-refractivity contribution is -0.174. The number of benzene rings is 1. The molecule has 3 fully saturated rings. The number of ether oxygens (including phenoxy) is 1. The van der Waals surface area contributed by atoms with Crippen LogP contribution in [0.5, 0.6) is 0 Å². The lowest BCUT2D eigenvalue weighted by Gasteiger charge is -2.35. The molecule has 10 heteroatoms. The topological polar surface area (TPSA) is 75.4 Å². The lowest BCUT2D eigenvalue weighted by atomic mass is 9.86. The van der Waals surface area contributed by atoms with Gasteiger partial charge in [-0.3, -0.25) is 9.63 Å². The van der Waals surface area contributed by atoms with Crippen molar-refractivity contribution in [1.82, 2.24) is 19.7 Å². The van der Waals surface area contributed by atoms with E-state index in [-0.39, 0.29) is 11.8 Å². The van der Waals surface area contributed by atoms with Crippen LogP contribution in [0.25, 0.3) is 16.2 Å². The van der Waals surface area contributed by atoms with Crippen molar-refractivity contribution in [1.29, 1.82) is 0 Å². The van der Waals surface area contributed by atoms with Gasteiger partial charge in [0.2, 0.25) is 16.0 Å². The fourth-order valence-corrected chi connectivity index (χ4v) is 6.61. The van der Waals surface area contributed by atoms with Crippen LogP contribution in [0.3, 0.4) is 0 Å². The number of imidazole rings is 1. The number of nitrogens with zero attached hydrogens (tertiary/aromatic N) is 6. The first-order chi connectivity index (χ1) is 18.6. The summed E-state index contributed by atoms with van der Waals surface area (Å²) >= 11 is 1.60. The van der Waals surface area contributed by atoms with E-state index in [1.807, 2.05) is 10.7 Å². The molecule has 0 radical (unpaired) electrons. The van der Waals surface area contributed by atoms with Crippen LogP contribution in [0, 0.1) is 11.8 Å². The van der Waals surface area contributed by atoms with E-state index in [0.717, 1.165) is 85.7 Å². The molecule has 1 aliphatic carbocycles. The van der Waals surface area contributed by atoms with E-state index in [0.29, 0.717) is 6.10 Å². The largest absolute Gasteiger partial charge is 0.378 e. The van der Waals surface area contributed by atoms with Gasteiger partial charge in [-0.05, 0) is 56.6 Å². The molecule has 0 N–H and O–H groups in total. The highest BCUT2D eigenvalue weighted by Gasteiger charge is 2.29. The van der Waals surface area contributed by atoms with Crippen LogP contribution in [-0.4, -0.2) is 78.6 Å². The molecule has 1 amide bonds. The molecule has 4 heterocycles. The maximum atomic E-state index is 12.4. The number of carbonyl (C=O) groups is 1. The normalized spacial score (nSPS) is 19.7. The van der Waals surface area contributed by atoms with Crippen molar-refractivity contribution in [2.75, 3.05) is 56.7 Å². The Labute approximate surface area is 228 Å². The van der Waals surface area contributed by atoms with Gasteiger partial charge in [-0.15, -0.1) is 5.10 Å². The second-order valence-electron chi connectivity index (χ2n) is 10.9. The number of anilines is 2. The molecule has 3 aliphatic rings. The van der Waals surface area contributed by atoms with Crippen molar-refractivity contribution in [3.05, 3.63) is 30.5 Å². The second kappa shape index (κ2) is 11.2. The van der Waals surface area contributed by atoms with Gasteiger partial charge in [-0.25, -0.2) is 14.6 Å². The molecule has 0 unspecified atom stereocenters. The number of hydroxylamine groups is 2. The molecule has 1 aromatic carbocycles. The van der Waals surface area contributed by atoms with Crippen LogP contribution in [0.1, 0.15) is 44.9 Å². The van der Waals surface area contributed by atoms with E-state index < -0.39 is 0 Å². The summed E-state index contributed by atoms with van der Waals surface area (Å²) in [6.07, 6.45) is 10.4. The summed E-state index contributed by atoms with van der Waals surface area (Å²) in [5.41, 5.74) is 3.32. The van der Waals surface area contributed by atoms with Crippen molar-refractivity contribution >= 4 is 33.0 Å². The smallest absolute Gasteiger partial charge is 0.249 e. The Morgan fingerprint density at radius 1 is 1.03 bits per heavy atom. The number of hydrogen-bond donors (Lipinski definition) is 0. The Balaban J connectivity index is 1.03. The zero-order valence-corrected chi connectivity index (χ0v) is 23.2. The van der Waals surface area contributed by atoms with Crippen LogP contribution in [0.4, 0.5) is 10.8 Å². The van der Waals surface area contributed by atoms with Crippen molar-refractivity contribution in [2.45, 2.75) is 51.0 Å². The van der Waals surface area contributed by atoms with Gasteiger partial charge in [0.1, 0.15) is 0 Å². The number of fused-ring (bicyclic) bond motifs is 1. The summed E-state index contributed by atoms with van der Waals surface area (Å²) in [6, 6.07) is 8.76. The summed E-state index contributed by atoms with van der Waals surface area (Å²) in [5.74, 6) is 0.875. The van der Waals surface area contributed by atoms with E-state index in [1.54, 1.807) is 18.4 Å². The van der Waals surface area contributed by atoms with E-state index in [4.69, 9.17) is 19.7 Å². The average molecular weight is 539 g/mol. The first kappa shape index (κ1) is 25.6. The molecule has 2 saturated heterocycles. The Kier molecular flexibility index (Phi) is 7.54. The summed E-state index contributed by atoms with van der Waals surface area (Å²) in [7, 11) is 3.20. The number of piperidine rings is 2. The van der Waals surface area contributed by atoms with Crippen LogP contribution in [0.15, 0.2) is 30.5 Å². The Hall–Kier alpha value is -2.69. The number of aromatic nitrogens is 3. The van der Waals surface area contributed by atoms with Gasteiger partial charge in [0.05, 0.1) is 25.1 Å². The van der Waals surface area contributed by atoms with Crippen LogP contribution in [-0.2, 0) is 14.4 Å². The molecule has 0 spiro atoms. The minimum atomic E-state index is 0.00599. The number of rotatable bonds is 8. The third kappa shape index (κ3) is 5.39. The second-order valence-corrected chi connectivity index (χ2v) is 11.8. The van der Waals surface area contributed by atoms with Gasteiger partial charge in [0, 0.05) is 57.0 Å². The SMILES string of the molecule is CON(C)C(=O)C1CCN(c2nn3cc(-c4ccc(N5CCC(OCC6CCC6)CC5)cc4)nc3s2)CC1. The van der Waals surface area contributed by atoms with Gasteiger partial charge < -0.3 is 14.5 Å². The lowest BCUT2D eigenvalue weighted by Crippen LogP contribution is -2.41. The van der Waals surface area contributed by atoms with Gasteiger partial charge in [0.25, 0.3) is 0 Å². The molecule has 204 valence electrons. The quantitative estimate of drug-likeness (QED) is 0.392. The first-order valence-corrected chi connectivity index (χ1v) is 14.8. The van der Waals surface area contributed by atoms with Gasteiger partial charge in [-0.1, -0.05) is 29.9 Å². The summed E-state index contributed by atoms with van der Waals surface area (Å²) in [6.45, 7) is 4.68. The van der Waals surface area contributed by atoms with Crippen LogP contribution < -0.4 is 9.80 Å². The molecule has 1 saturated carbocycles. The standard InChI is InChI=1S/C28H38N6O3S/c1-31(36-2)26(35)22-10-14-33(15-11-22)28-30-34-18-25(29-27(34)38-28)21-6-8-23(9-7-21)32-16-12-24(13-17-32)37-19-20-4-3-5-20/h6-9,18,20,22,24H,3-5,10-17,19H2,1-2H3. The fraction of sp³-hybridized carbons (Fsp3) is 0.607.